The van der Waals surface area contributed by atoms with Crippen LogP contribution in [0.15, 0.2) is 0 Å². The highest BCUT2D eigenvalue weighted by atomic mass is 16.5. The number of carboxylic acids is 2. The summed E-state index contributed by atoms with van der Waals surface area (Å²) < 4.78 is 5.78. The maximum absolute atomic E-state index is 12.0. The Bertz CT molecular complexity index is 794. The fourth-order valence-electron chi connectivity index (χ4n) is 6.92. The zero-order chi connectivity index (χ0) is 22.9. The van der Waals surface area contributed by atoms with Crippen molar-refractivity contribution in [3.63, 3.8) is 0 Å². The van der Waals surface area contributed by atoms with Gasteiger partial charge in [0.15, 0.2) is 0 Å². The van der Waals surface area contributed by atoms with Gasteiger partial charge in [0.1, 0.15) is 17.6 Å². The van der Waals surface area contributed by atoms with Crippen molar-refractivity contribution in [3.8, 4) is 0 Å². The molecule has 1 spiro atoms. The number of carboxylic acid groups (broad SMARTS) is 2. The predicted molar refractivity (Wildman–Crippen MR) is 105 cm³/mol. The summed E-state index contributed by atoms with van der Waals surface area (Å²) in [7, 11) is 3.35. The normalized spacial score (nSPS) is 45.4. The monoisotopic (exact) mass is 441 g/mol. The summed E-state index contributed by atoms with van der Waals surface area (Å²) in [6.45, 7) is 1.94. The first-order chi connectivity index (χ1) is 14.5. The van der Waals surface area contributed by atoms with E-state index in [0.717, 1.165) is 0 Å². The van der Waals surface area contributed by atoms with E-state index in [2.05, 4.69) is 5.32 Å². The second-order valence-corrected chi connectivity index (χ2v) is 9.49. The van der Waals surface area contributed by atoms with Crippen LogP contribution >= 0.6 is 0 Å². The molecule has 0 aromatic heterocycles. The smallest absolute Gasteiger partial charge is 0.321 e. The van der Waals surface area contributed by atoms with Crippen molar-refractivity contribution in [2.24, 2.45) is 11.8 Å². The average Bonchev–Trinajstić information content (AvgIpc) is 3.14. The minimum atomic E-state index is -1.47. The molecule has 31 heavy (non-hydrogen) atoms. The van der Waals surface area contributed by atoms with Crippen molar-refractivity contribution < 1.29 is 39.5 Å². The van der Waals surface area contributed by atoms with Crippen molar-refractivity contribution in [2.75, 3.05) is 27.2 Å². The number of aliphatic carboxylic acids is 2. The number of aliphatic hydroxyl groups excluding tert-OH is 1. The summed E-state index contributed by atoms with van der Waals surface area (Å²) in [5.74, 6) is -2.81. The van der Waals surface area contributed by atoms with Gasteiger partial charge in [-0.3, -0.25) is 29.5 Å². The first-order valence-electron chi connectivity index (χ1n) is 10.6. The van der Waals surface area contributed by atoms with Gasteiger partial charge in [-0.2, -0.15) is 0 Å². The number of hydrogen-bond donors (Lipinski definition) is 5. The average molecular weight is 441 g/mol. The standard InChI is InChI=1S/C20H31N3O8/c1-9(24)4-6-22(2)14-15(31-3)12-13-16-20(12,17(14)27)21-19(13,30)8-10(18(28)29)23(16)7-5-11(25)26/h10,12-17,21,27,30H,4-8H2,1-3H3,(H,25,26)(H,28,29). The van der Waals surface area contributed by atoms with Gasteiger partial charge in [0.05, 0.1) is 30.2 Å². The Morgan fingerprint density at radius 3 is 2.45 bits per heavy atom. The third-order valence-corrected chi connectivity index (χ3v) is 7.98. The number of likely N-dealkylation sites (tertiary alicyclic amines) is 1. The van der Waals surface area contributed by atoms with E-state index in [9.17, 15) is 29.7 Å². The molecule has 3 aliphatic heterocycles. The van der Waals surface area contributed by atoms with Gasteiger partial charge in [0.25, 0.3) is 0 Å². The zero-order valence-corrected chi connectivity index (χ0v) is 17.9. The van der Waals surface area contributed by atoms with Crippen LogP contribution in [-0.2, 0) is 19.1 Å². The van der Waals surface area contributed by atoms with Gasteiger partial charge in [-0.15, -0.1) is 0 Å². The van der Waals surface area contributed by atoms with Gasteiger partial charge in [-0.1, -0.05) is 0 Å². The van der Waals surface area contributed by atoms with Crippen LogP contribution in [-0.4, -0.2) is 117 Å². The second-order valence-electron chi connectivity index (χ2n) is 9.49. The summed E-state index contributed by atoms with van der Waals surface area (Å²) in [5, 5.41) is 45.0. The van der Waals surface area contributed by atoms with E-state index in [-0.39, 0.29) is 31.1 Å². The molecule has 3 saturated heterocycles. The van der Waals surface area contributed by atoms with Gasteiger partial charge in [0, 0.05) is 50.9 Å². The van der Waals surface area contributed by atoms with Gasteiger partial charge in [-0.05, 0) is 14.0 Å². The summed E-state index contributed by atoms with van der Waals surface area (Å²) >= 11 is 0. The van der Waals surface area contributed by atoms with Crippen LogP contribution in [0, 0.1) is 11.8 Å². The molecule has 11 nitrogen and oxygen atoms in total. The highest BCUT2D eigenvalue weighted by Gasteiger charge is 2.87. The molecule has 2 aliphatic carbocycles. The number of hydrogen-bond acceptors (Lipinski definition) is 9. The van der Waals surface area contributed by atoms with Crippen LogP contribution in [0.2, 0.25) is 0 Å². The number of Topliss-reactive ketones (excluding diaryl/α,β-unsaturated/α-hetero) is 1. The van der Waals surface area contributed by atoms with Crippen LogP contribution in [0.1, 0.15) is 26.2 Å². The topological polar surface area (TPSA) is 160 Å². The number of carbonyl (C=O) groups is 3. The number of nitrogens with one attached hydrogen (secondary N) is 1. The molecular weight excluding hydrogens is 410 g/mol. The highest BCUT2D eigenvalue weighted by Crippen LogP contribution is 2.69. The molecule has 0 aromatic rings. The number of ketones is 1. The van der Waals surface area contributed by atoms with E-state index in [1.165, 1.54) is 6.92 Å². The molecule has 5 fully saturated rings. The van der Waals surface area contributed by atoms with Crippen molar-refractivity contribution in [1.29, 1.82) is 0 Å². The van der Waals surface area contributed by atoms with Gasteiger partial charge < -0.3 is 25.2 Å². The van der Waals surface area contributed by atoms with Gasteiger partial charge >= 0.3 is 11.9 Å². The Hall–Kier alpha value is -1.63. The zero-order valence-electron chi connectivity index (χ0n) is 17.9. The lowest BCUT2D eigenvalue weighted by atomic mass is 9.55. The molecule has 3 heterocycles. The maximum Gasteiger partial charge on any atom is 0.321 e. The minimum Gasteiger partial charge on any atom is -0.481 e. The van der Waals surface area contributed by atoms with E-state index < -0.39 is 59.5 Å². The lowest BCUT2D eigenvalue weighted by molar-refractivity contribution is -0.185. The summed E-state index contributed by atoms with van der Waals surface area (Å²) in [5.41, 5.74) is -2.49. The molecule has 2 saturated carbocycles. The molecule has 5 N–H and O–H groups in total. The van der Waals surface area contributed by atoms with Crippen LogP contribution in [0.5, 0.6) is 0 Å². The van der Waals surface area contributed by atoms with Gasteiger partial charge in [-0.25, -0.2) is 0 Å². The van der Waals surface area contributed by atoms with Crippen molar-refractivity contribution >= 4 is 17.7 Å². The van der Waals surface area contributed by atoms with Crippen LogP contribution in [0.25, 0.3) is 0 Å². The van der Waals surface area contributed by atoms with E-state index >= 15 is 0 Å². The van der Waals surface area contributed by atoms with Crippen LogP contribution < -0.4 is 5.32 Å². The Labute approximate surface area is 179 Å². The first-order valence-corrected chi connectivity index (χ1v) is 10.6. The number of methoxy groups -OCH3 is 1. The van der Waals surface area contributed by atoms with Gasteiger partial charge in [0.2, 0.25) is 0 Å². The van der Waals surface area contributed by atoms with Crippen molar-refractivity contribution in [3.05, 3.63) is 0 Å². The predicted octanol–water partition coefficient (Wildman–Crippen LogP) is -2.07. The lowest BCUT2D eigenvalue weighted by Crippen LogP contribution is -2.76. The summed E-state index contributed by atoms with van der Waals surface area (Å²) in [6.07, 6.45) is -1.45. The SMILES string of the molecule is COC1C(N(C)CCC(C)=O)C(O)C23NC4(O)CC(C(=O)O)N(CCC(=O)O)C2C4C13. The summed E-state index contributed by atoms with van der Waals surface area (Å²) in [6, 6.07) is -2.04. The molecule has 174 valence electrons. The number of piperidine rings is 1. The Morgan fingerprint density at radius 2 is 1.90 bits per heavy atom. The molecule has 9 unspecified atom stereocenters. The molecule has 0 aromatic carbocycles. The lowest BCUT2D eigenvalue weighted by Gasteiger charge is -2.59. The van der Waals surface area contributed by atoms with Crippen LogP contribution in [0.4, 0.5) is 0 Å². The van der Waals surface area contributed by atoms with E-state index in [1.54, 1.807) is 19.1 Å². The number of rotatable bonds is 9. The molecule has 4 bridgehead atoms. The molecule has 5 rings (SSSR count). The minimum absolute atomic E-state index is 0.00884. The Balaban J connectivity index is 1.68. The third kappa shape index (κ3) is 2.98. The number of likely N-dealkylation sites (N-methyl/N-ethyl adjacent to an activating group) is 1. The number of carbonyl (C=O) groups excluding carboxylic acids is 1. The van der Waals surface area contributed by atoms with E-state index in [0.29, 0.717) is 13.0 Å². The highest BCUT2D eigenvalue weighted by molar-refractivity contribution is 5.76. The van der Waals surface area contributed by atoms with Crippen LogP contribution in [0.3, 0.4) is 0 Å². The molecule has 0 amide bonds. The number of nitrogens with zero attached hydrogens (tertiary/aromatic N) is 2. The molecule has 9 atom stereocenters. The largest absolute Gasteiger partial charge is 0.481 e. The quantitative estimate of drug-likeness (QED) is 0.267. The Morgan fingerprint density at radius 1 is 1.23 bits per heavy atom. The number of aliphatic hydroxyl groups is 2. The molecule has 0 radical (unpaired) electrons. The molecule has 11 heteroatoms. The molecule has 5 aliphatic rings. The van der Waals surface area contributed by atoms with Crippen molar-refractivity contribution in [1.82, 2.24) is 15.1 Å². The fraction of sp³-hybridized carbons (Fsp3) is 0.850. The third-order valence-electron chi connectivity index (χ3n) is 7.98. The number of ether oxygens (including phenoxy) is 1. The fourth-order valence-corrected chi connectivity index (χ4v) is 6.92. The van der Waals surface area contributed by atoms with E-state index in [4.69, 9.17) is 9.84 Å². The molecular formula is C20H31N3O8. The first kappa shape index (κ1) is 22.6. The van der Waals surface area contributed by atoms with E-state index in [1.807, 2.05) is 4.90 Å². The Kier molecular flexibility index (Phi) is 5.43. The maximum atomic E-state index is 12.0. The second kappa shape index (κ2) is 7.46. The van der Waals surface area contributed by atoms with Crippen molar-refractivity contribution in [2.45, 2.75) is 67.8 Å². The summed E-state index contributed by atoms with van der Waals surface area (Å²) in [4.78, 5) is 38.1.